The van der Waals surface area contributed by atoms with E-state index in [1.807, 2.05) is 0 Å². The molecule has 0 radical (unpaired) electrons. The molecular weight excluding hydrogens is 456 g/mol. The van der Waals surface area contributed by atoms with Crippen molar-refractivity contribution in [3.05, 3.63) is 106 Å². The van der Waals surface area contributed by atoms with Gasteiger partial charge in [0.25, 0.3) is 5.91 Å². The minimum atomic E-state index is -0.0679. The third-order valence-electron chi connectivity index (χ3n) is 7.74. The van der Waals surface area contributed by atoms with Gasteiger partial charge in [-0.2, -0.15) is 5.10 Å². The van der Waals surface area contributed by atoms with Gasteiger partial charge in [-0.15, -0.1) is 0 Å². The van der Waals surface area contributed by atoms with Crippen LogP contribution in [0, 0.1) is 27.7 Å². The molecule has 2 aliphatic heterocycles. The number of rotatable bonds is 6. The number of benzene rings is 3. The van der Waals surface area contributed by atoms with Crippen molar-refractivity contribution in [2.24, 2.45) is 5.10 Å². The van der Waals surface area contributed by atoms with Crippen LogP contribution in [-0.2, 0) is 11.3 Å². The van der Waals surface area contributed by atoms with Crippen LogP contribution in [0.1, 0.15) is 51.4 Å². The molecule has 1 fully saturated rings. The van der Waals surface area contributed by atoms with Gasteiger partial charge in [0.05, 0.1) is 18.3 Å². The number of carbonyl (C=O) groups excluding carboxylic acids is 1. The van der Waals surface area contributed by atoms with Crippen LogP contribution in [0.5, 0.6) is 0 Å². The fourth-order valence-electron chi connectivity index (χ4n) is 5.52. The average Bonchev–Trinajstić information content (AvgIpc) is 3.34. The number of hydrogen-bond donors (Lipinski definition) is 0. The number of amides is 1. The van der Waals surface area contributed by atoms with Gasteiger partial charge in [-0.1, -0.05) is 71.8 Å². The normalized spacial score (nSPS) is 18.8. The molecule has 1 atom stereocenters. The van der Waals surface area contributed by atoms with Gasteiger partial charge < -0.3 is 0 Å². The third-order valence-corrected chi connectivity index (χ3v) is 7.74. The van der Waals surface area contributed by atoms with Crippen LogP contribution in [0.4, 0.5) is 0 Å². The van der Waals surface area contributed by atoms with Crippen molar-refractivity contribution < 1.29 is 4.79 Å². The molecule has 2 aliphatic rings. The molecule has 1 unspecified atom stereocenters. The van der Waals surface area contributed by atoms with E-state index in [4.69, 9.17) is 5.10 Å². The van der Waals surface area contributed by atoms with Crippen molar-refractivity contribution in [2.75, 3.05) is 32.7 Å². The first kappa shape index (κ1) is 25.4. The minimum Gasteiger partial charge on any atom is -0.297 e. The second kappa shape index (κ2) is 11.0. The Balaban J connectivity index is 1.32. The van der Waals surface area contributed by atoms with Crippen LogP contribution in [0.2, 0.25) is 0 Å². The second-order valence-corrected chi connectivity index (χ2v) is 10.7. The molecule has 0 aliphatic carbocycles. The van der Waals surface area contributed by atoms with Crippen LogP contribution >= 0.6 is 0 Å². The lowest BCUT2D eigenvalue weighted by molar-refractivity contribution is -0.134. The Morgan fingerprint density at radius 1 is 0.811 bits per heavy atom. The topological polar surface area (TPSA) is 39.2 Å². The zero-order valence-electron chi connectivity index (χ0n) is 22.6. The van der Waals surface area contributed by atoms with Crippen LogP contribution in [0.25, 0.3) is 0 Å². The number of carbonyl (C=O) groups is 1. The lowest BCUT2D eigenvalue weighted by Gasteiger charge is -2.35. The van der Waals surface area contributed by atoms with E-state index in [0.717, 1.165) is 50.4 Å². The summed E-state index contributed by atoms with van der Waals surface area (Å²) in [7, 11) is 0. The van der Waals surface area contributed by atoms with Gasteiger partial charge in [-0.3, -0.25) is 14.6 Å². The van der Waals surface area contributed by atoms with Crippen molar-refractivity contribution in [3.63, 3.8) is 0 Å². The Morgan fingerprint density at radius 2 is 1.46 bits per heavy atom. The van der Waals surface area contributed by atoms with E-state index in [-0.39, 0.29) is 11.9 Å². The van der Waals surface area contributed by atoms with Gasteiger partial charge >= 0.3 is 0 Å². The number of aryl methyl sites for hydroxylation is 4. The van der Waals surface area contributed by atoms with Crippen molar-refractivity contribution in [1.82, 2.24) is 14.8 Å². The Bertz CT molecular complexity index is 1290. The average molecular weight is 495 g/mol. The molecule has 5 heteroatoms. The number of hydrogen-bond acceptors (Lipinski definition) is 4. The predicted octanol–water partition coefficient (Wildman–Crippen LogP) is 5.42. The molecule has 0 aromatic heterocycles. The standard InChI is InChI=1S/C32H38N4O/c1-23-10-12-25(3)28(18-23)30-20-31(29-19-24(2)11-13-26(29)4)36(33-30)32(37)22-35-16-14-34(15-17-35)21-27-8-6-5-7-9-27/h5-13,18-19,31H,14-17,20-22H2,1-4H3. The predicted molar refractivity (Wildman–Crippen MR) is 151 cm³/mol. The summed E-state index contributed by atoms with van der Waals surface area (Å²) < 4.78 is 0. The summed E-state index contributed by atoms with van der Waals surface area (Å²) in [6.45, 7) is 13.6. The summed E-state index contributed by atoms with van der Waals surface area (Å²) in [5.74, 6) is 0.0859. The lowest BCUT2D eigenvalue weighted by Crippen LogP contribution is -2.49. The number of piperazine rings is 1. The fourth-order valence-corrected chi connectivity index (χ4v) is 5.52. The first-order valence-electron chi connectivity index (χ1n) is 13.4. The SMILES string of the molecule is Cc1ccc(C)c(C2=NN(C(=O)CN3CCN(Cc4ccccc4)CC3)C(c3cc(C)ccc3C)C2)c1. The first-order valence-corrected chi connectivity index (χ1v) is 13.4. The van der Waals surface area contributed by atoms with Crippen molar-refractivity contribution >= 4 is 11.6 Å². The summed E-state index contributed by atoms with van der Waals surface area (Å²) in [6.07, 6.45) is 0.741. The monoisotopic (exact) mass is 494 g/mol. The molecule has 5 rings (SSSR count). The van der Waals surface area contributed by atoms with E-state index in [0.29, 0.717) is 6.54 Å². The highest BCUT2D eigenvalue weighted by atomic mass is 16.2. The van der Waals surface area contributed by atoms with E-state index >= 15 is 0 Å². The van der Waals surface area contributed by atoms with E-state index in [1.54, 1.807) is 5.01 Å². The Morgan fingerprint density at radius 3 is 2.19 bits per heavy atom. The Kier molecular flexibility index (Phi) is 7.54. The smallest absolute Gasteiger partial charge is 0.257 e. The van der Waals surface area contributed by atoms with E-state index in [1.165, 1.54) is 33.4 Å². The third kappa shape index (κ3) is 5.84. The fraction of sp³-hybridized carbons (Fsp3) is 0.375. The van der Waals surface area contributed by atoms with Crippen LogP contribution in [0.3, 0.4) is 0 Å². The summed E-state index contributed by atoms with van der Waals surface area (Å²) in [5.41, 5.74) is 9.54. The molecule has 1 saturated heterocycles. The molecule has 0 saturated carbocycles. The van der Waals surface area contributed by atoms with E-state index in [2.05, 4.69) is 104 Å². The first-order chi connectivity index (χ1) is 17.9. The summed E-state index contributed by atoms with van der Waals surface area (Å²) in [4.78, 5) is 18.5. The molecule has 0 spiro atoms. The lowest BCUT2D eigenvalue weighted by atomic mass is 9.92. The van der Waals surface area contributed by atoms with Crippen LogP contribution in [-0.4, -0.2) is 59.2 Å². The Hall–Kier alpha value is -3.28. The zero-order valence-corrected chi connectivity index (χ0v) is 22.6. The van der Waals surface area contributed by atoms with Gasteiger partial charge in [-0.25, -0.2) is 5.01 Å². The van der Waals surface area contributed by atoms with Gasteiger partial charge in [0.1, 0.15) is 0 Å². The molecule has 3 aromatic rings. The number of hydrazone groups is 1. The highest BCUT2D eigenvalue weighted by Gasteiger charge is 2.35. The second-order valence-electron chi connectivity index (χ2n) is 10.7. The van der Waals surface area contributed by atoms with Crippen LogP contribution < -0.4 is 0 Å². The molecule has 37 heavy (non-hydrogen) atoms. The van der Waals surface area contributed by atoms with Crippen molar-refractivity contribution in [3.8, 4) is 0 Å². The maximum absolute atomic E-state index is 13.8. The largest absolute Gasteiger partial charge is 0.297 e. The highest BCUT2D eigenvalue weighted by molar-refractivity contribution is 6.04. The van der Waals surface area contributed by atoms with Gasteiger partial charge in [-0.05, 0) is 56.0 Å². The summed E-state index contributed by atoms with van der Waals surface area (Å²) in [5, 5.41) is 6.78. The summed E-state index contributed by atoms with van der Waals surface area (Å²) >= 11 is 0. The quantitative estimate of drug-likeness (QED) is 0.460. The molecule has 2 heterocycles. The van der Waals surface area contributed by atoms with Crippen molar-refractivity contribution in [1.29, 1.82) is 0 Å². The van der Waals surface area contributed by atoms with Gasteiger partial charge in [0, 0.05) is 44.7 Å². The molecule has 5 nitrogen and oxygen atoms in total. The Labute approximate surface area is 221 Å². The molecule has 1 amide bonds. The maximum Gasteiger partial charge on any atom is 0.257 e. The highest BCUT2D eigenvalue weighted by Crippen LogP contribution is 2.36. The molecule has 192 valence electrons. The summed E-state index contributed by atoms with van der Waals surface area (Å²) in [6, 6.07) is 23.6. The van der Waals surface area contributed by atoms with Crippen LogP contribution in [0.15, 0.2) is 71.8 Å². The molecule has 0 bridgehead atoms. The van der Waals surface area contributed by atoms with Gasteiger partial charge in [0.2, 0.25) is 0 Å². The maximum atomic E-state index is 13.8. The van der Waals surface area contributed by atoms with Gasteiger partial charge in [0.15, 0.2) is 0 Å². The minimum absolute atomic E-state index is 0.0679. The number of nitrogens with zero attached hydrogens (tertiary/aromatic N) is 4. The van der Waals surface area contributed by atoms with E-state index in [9.17, 15) is 4.79 Å². The molecule has 3 aromatic carbocycles. The zero-order chi connectivity index (χ0) is 25.9. The van der Waals surface area contributed by atoms with E-state index < -0.39 is 0 Å². The molecule has 0 N–H and O–H groups in total. The molecular formula is C32H38N4O. The van der Waals surface area contributed by atoms with Crippen molar-refractivity contribution in [2.45, 2.75) is 46.7 Å².